The van der Waals surface area contributed by atoms with Crippen molar-refractivity contribution in [2.45, 2.75) is 24.4 Å². The quantitative estimate of drug-likeness (QED) is 0.589. The Hall–Kier alpha value is -1.44. The van der Waals surface area contributed by atoms with Gasteiger partial charge < -0.3 is 10.5 Å². The third-order valence-electron chi connectivity index (χ3n) is 2.10. The molecule has 0 heterocycles. The molecular weight excluding hydrogens is 256 g/mol. The molecular formula is C11H16N2O4S. The predicted molar refractivity (Wildman–Crippen MR) is 66.0 cm³/mol. The van der Waals surface area contributed by atoms with Crippen molar-refractivity contribution >= 4 is 16.0 Å². The summed E-state index contributed by atoms with van der Waals surface area (Å²) in [6.45, 7) is 2.98. The van der Waals surface area contributed by atoms with Gasteiger partial charge in [0.15, 0.2) is 5.66 Å². The number of nitrogens with two attached hydrogens (primary N) is 1. The molecule has 7 heteroatoms. The van der Waals surface area contributed by atoms with Gasteiger partial charge in [-0.1, -0.05) is 18.2 Å². The van der Waals surface area contributed by atoms with Crippen LogP contribution in [0.15, 0.2) is 35.2 Å². The molecule has 0 aliphatic heterocycles. The van der Waals surface area contributed by atoms with E-state index in [9.17, 15) is 13.2 Å². The fourth-order valence-corrected chi connectivity index (χ4v) is 2.54. The zero-order valence-corrected chi connectivity index (χ0v) is 11.0. The predicted octanol–water partition coefficient (Wildman–Crippen LogP) is 0.203. The highest BCUT2D eigenvalue weighted by Gasteiger charge is 2.35. The maximum absolute atomic E-state index is 12.0. The minimum Gasteiger partial charge on any atom is -0.464 e. The summed E-state index contributed by atoms with van der Waals surface area (Å²) in [7, 11) is -3.86. The highest BCUT2D eigenvalue weighted by atomic mass is 32.2. The van der Waals surface area contributed by atoms with Crippen molar-refractivity contribution in [3.8, 4) is 0 Å². The molecule has 0 saturated carbocycles. The Bertz CT molecular complexity index is 511. The molecule has 1 aromatic carbocycles. The summed E-state index contributed by atoms with van der Waals surface area (Å²) >= 11 is 0. The van der Waals surface area contributed by atoms with E-state index < -0.39 is 21.7 Å². The second-order valence-corrected chi connectivity index (χ2v) is 5.52. The fraction of sp³-hybridized carbons (Fsp3) is 0.364. The summed E-state index contributed by atoms with van der Waals surface area (Å²) in [5.74, 6) is -0.829. The van der Waals surface area contributed by atoms with E-state index in [0.717, 1.165) is 0 Å². The van der Waals surface area contributed by atoms with E-state index in [1.165, 1.54) is 19.1 Å². The Morgan fingerprint density at radius 2 is 1.94 bits per heavy atom. The molecule has 0 bridgehead atoms. The van der Waals surface area contributed by atoms with E-state index in [4.69, 9.17) is 10.5 Å². The molecule has 1 rings (SSSR count). The standard InChI is InChI=1S/C11H16N2O4S/c1-3-17-10(14)11(2,12)13-18(15,16)9-7-5-4-6-8-9/h4-8,13H,3,12H2,1-2H3/t11-/m1/s1. The molecule has 0 aliphatic carbocycles. The summed E-state index contributed by atoms with van der Waals surface area (Å²) in [5, 5.41) is 0. The molecule has 0 spiro atoms. The molecule has 0 amide bonds. The summed E-state index contributed by atoms with van der Waals surface area (Å²) in [4.78, 5) is 11.5. The second-order valence-electron chi connectivity index (χ2n) is 3.84. The van der Waals surface area contributed by atoms with Crippen LogP contribution in [0, 0.1) is 0 Å². The van der Waals surface area contributed by atoms with Crippen molar-refractivity contribution in [3.05, 3.63) is 30.3 Å². The van der Waals surface area contributed by atoms with Crippen molar-refractivity contribution in [3.63, 3.8) is 0 Å². The fourth-order valence-electron chi connectivity index (χ4n) is 1.26. The number of benzene rings is 1. The Morgan fingerprint density at radius 1 is 1.39 bits per heavy atom. The van der Waals surface area contributed by atoms with E-state index >= 15 is 0 Å². The van der Waals surface area contributed by atoms with Crippen LogP contribution in [0.3, 0.4) is 0 Å². The normalized spacial score (nSPS) is 14.8. The molecule has 6 nitrogen and oxygen atoms in total. The Labute approximate surface area is 106 Å². The van der Waals surface area contributed by atoms with Crippen LogP contribution in [0.25, 0.3) is 0 Å². The molecule has 0 radical (unpaired) electrons. The maximum atomic E-state index is 12.0. The lowest BCUT2D eigenvalue weighted by atomic mass is 10.2. The van der Waals surface area contributed by atoms with Gasteiger partial charge in [0, 0.05) is 0 Å². The van der Waals surface area contributed by atoms with Crippen LogP contribution in [0.1, 0.15) is 13.8 Å². The number of ether oxygens (including phenoxy) is 1. The Kier molecular flexibility index (Phi) is 4.44. The third kappa shape index (κ3) is 3.52. The highest BCUT2D eigenvalue weighted by molar-refractivity contribution is 7.89. The van der Waals surface area contributed by atoms with Crippen LogP contribution in [0.4, 0.5) is 0 Å². The van der Waals surface area contributed by atoms with E-state index in [1.54, 1.807) is 25.1 Å². The number of rotatable bonds is 5. The number of carbonyl (C=O) groups excluding carboxylic acids is 1. The third-order valence-corrected chi connectivity index (χ3v) is 3.68. The molecule has 0 fully saturated rings. The van der Waals surface area contributed by atoms with E-state index in [1.807, 2.05) is 0 Å². The van der Waals surface area contributed by atoms with Crippen molar-refractivity contribution in [2.24, 2.45) is 5.73 Å². The van der Waals surface area contributed by atoms with Crippen LogP contribution in [0.5, 0.6) is 0 Å². The number of esters is 1. The molecule has 0 aliphatic rings. The number of nitrogens with one attached hydrogen (secondary N) is 1. The topological polar surface area (TPSA) is 98.5 Å². The van der Waals surface area contributed by atoms with Crippen LogP contribution in [0.2, 0.25) is 0 Å². The van der Waals surface area contributed by atoms with Crippen molar-refractivity contribution < 1.29 is 17.9 Å². The average molecular weight is 272 g/mol. The maximum Gasteiger partial charge on any atom is 0.341 e. The monoisotopic (exact) mass is 272 g/mol. The zero-order valence-electron chi connectivity index (χ0n) is 10.2. The first-order valence-corrected chi connectivity index (χ1v) is 6.83. The van der Waals surface area contributed by atoms with Crippen molar-refractivity contribution in [2.75, 3.05) is 6.61 Å². The molecule has 100 valence electrons. The molecule has 0 unspecified atom stereocenters. The minimum atomic E-state index is -3.86. The van der Waals surface area contributed by atoms with Crippen LogP contribution >= 0.6 is 0 Å². The van der Waals surface area contributed by atoms with Crippen molar-refractivity contribution in [1.29, 1.82) is 0 Å². The lowest BCUT2D eigenvalue weighted by Crippen LogP contribution is -2.59. The summed E-state index contributed by atoms with van der Waals surface area (Å²) in [6.07, 6.45) is 0. The van der Waals surface area contributed by atoms with Gasteiger partial charge in [-0.25, -0.2) is 13.2 Å². The van der Waals surface area contributed by atoms with Gasteiger partial charge in [0.2, 0.25) is 10.0 Å². The first kappa shape index (κ1) is 14.6. The number of sulfonamides is 1. The molecule has 18 heavy (non-hydrogen) atoms. The van der Waals surface area contributed by atoms with E-state index in [0.29, 0.717) is 0 Å². The van der Waals surface area contributed by atoms with Crippen LogP contribution < -0.4 is 10.5 Å². The first-order chi connectivity index (χ1) is 8.29. The second kappa shape index (κ2) is 5.47. The summed E-state index contributed by atoms with van der Waals surface area (Å²) in [5.41, 5.74) is 3.80. The van der Waals surface area contributed by atoms with Gasteiger partial charge in [-0.15, -0.1) is 0 Å². The first-order valence-electron chi connectivity index (χ1n) is 5.34. The van der Waals surface area contributed by atoms with E-state index in [2.05, 4.69) is 4.72 Å². The van der Waals surface area contributed by atoms with Gasteiger partial charge in [-0.05, 0) is 26.0 Å². The Balaban J connectivity index is 2.93. The lowest BCUT2D eigenvalue weighted by molar-refractivity contribution is -0.149. The van der Waals surface area contributed by atoms with Gasteiger partial charge in [0.25, 0.3) is 0 Å². The summed E-state index contributed by atoms with van der Waals surface area (Å²) in [6, 6.07) is 7.65. The van der Waals surface area contributed by atoms with Gasteiger partial charge >= 0.3 is 5.97 Å². The molecule has 0 aromatic heterocycles. The molecule has 1 aromatic rings. The highest BCUT2D eigenvalue weighted by Crippen LogP contribution is 2.10. The zero-order chi connectivity index (χ0) is 13.8. The van der Waals surface area contributed by atoms with Gasteiger partial charge in [-0.3, -0.25) is 0 Å². The van der Waals surface area contributed by atoms with Crippen molar-refractivity contribution in [1.82, 2.24) is 4.72 Å². The molecule has 1 atom stereocenters. The van der Waals surface area contributed by atoms with Gasteiger partial charge in [0.1, 0.15) is 0 Å². The largest absolute Gasteiger partial charge is 0.464 e. The smallest absolute Gasteiger partial charge is 0.341 e. The summed E-state index contributed by atoms with van der Waals surface area (Å²) < 4.78 is 30.7. The number of hydrogen-bond acceptors (Lipinski definition) is 5. The Morgan fingerprint density at radius 3 is 2.44 bits per heavy atom. The van der Waals surface area contributed by atoms with E-state index in [-0.39, 0.29) is 11.5 Å². The molecule has 0 saturated heterocycles. The van der Waals surface area contributed by atoms with Gasteiger partial charge in [-0.2, -0.15) is 4.72 Å². The van der Waals surface area contributed by atoms with Crippen LogP contribution in [-0.2, 0) is 19.6 Å². The minimum absolute atomic E-state index is 0.0333. The number of hydrogen-bond donors (Lipinski definition) is 2. The lowest BCUT2D eigenvalue weighted by Gasteiger charge is -2.23. The van der Waals surface area contributed by atoms with Gasteiger partial charge in [0.05, 0.1) is 11.5 Å². The SMILES string of the molecule is CCOC(=O)[C@](C)(N)NS(=O)(=O)c1ccccc1. The van der Waals surface area contributed by atoms with Crippen LogP contribution in [-0.4, -0.2) is 26.7 Å². The molecule has 3 N–H and O–H groups in total. The number of carbonyl (C=O) groups is 1. The average Bonchev–Trinajstić information content (AvgIpc) is 2.29.